The summed E-state index contributed by atoms with van der Waals surface area (Å²) < 4.78 is 0. The van der Waals surface area contributed by atoms with E-state index in [0.29, 0.717) is 11.3 Å². The lowest BCUT2D eigenvalue weighted by Crippen LogP contribution is -1.91. The Kier molecular flexibility index (Phi) is 2.62. The molecule has 3 aromatic rings. The van der Waals surface area contributed by atoms with Crippen LogP contribution in [0.3, 0.4) is 0 Å². The number of aromatic nitrogens is 1. The average Bonchev–Trinajstić information content (AvgIpc) is 2.46. The van der Waals surface area contributed by atoms with Gasteiger partial charge in [0.25, 0.3) is 0 Å². The van der Waals surface area contributed by atoms with Gasteiger partial charge in [-0.05, 0) is 24.3 Å². The van der Waals surface area contributed by atoms with E-state index in [4.69, 9.17) is 5.73 Å². The van der Waals surface area contributed by atoms with Crippen molar-refractivity contribution in [2.24, 2.45) is 0 Å². The number of pyridine rings is 1. The standard InChI is InChI=1S/C16H11N3/c17-10-12-9-16(11-4-3-5-13(18)8-11)19-15-7-2-1-6-14(12)15/h1-9H,18H2. The number of nitriles is 1. The molecule has 0 saturated carbocycles. The van der Waals surface area contributed by atoms with E-state index in [1.807, 2.05) is 48.5 Å². The molecule has 1 heterocycles. The third-order valence-corrected chi connectivity index (χ3v) is 3.02. The van der Waals surface area contributed by atoms with Gasteiger partial charge in [-0.3, -0.25) is 0 Å². The second-order valence-electron chi connectivity index (χ2n) is 4.31. The lowest BCUT2D eigenvalue weighted by Gasteiger charge is -2.06. The fourth-order valence-electron chi connectivity index (χ4n) is 2.11. The smallest absolute Gasteiger partial charge is 0.0999 e. The van der Waals surface area contributed by atoms with Gasteiger partial charge in [0.05, 0.1) is 22.8 Å². The molecule has 2 N–H and O–H groups in total. The molecule has 0 aliphatic carbocycles. The molecule has 0 bridgehead atoms. The quantitative estimate of drug-likeness (QED) is 0.669. The topological polar surface area (TPSA) is 62.7 Å². The molecule has 0 radical (unpaired) electrons. The Bertz CT molecular complexity index is 800. The van der Waals surface area contributed by atoms with Crippen LogP contribution in [0.2, 0.25) is 0 Å². The van der Waals surface area contributed by atoms with Crippen molar-refractivity contribution < 1.29 is 0 Å². The molecule has 0 unspecified atom stereocenters. The van der Waals surface area contributed by atoms with E-state index in [9.17, 15) is 5.26 Å². The van der Waals surface area contributed by atoms with Gasteiger partial charge in [0.1, 0.15) is 0 Å². The van der Waals surface area contributed by atoms with Crippen molar-refractivity contribution in [1.29, 1.82) is 5.26 Å². The molecule has 0 fully saturated rings. The highest BCUT2D eigenvalue weighted by Gasteiger charge is 2.06. The van der Waals surface area contributed by atoms with Crippen LogP contribution in [0, 0.1) is 11.3 Å². The van der Waals surface area contributed by atoms with Crippen molar-refractivity contribution in [3.05, 3.63) is 60.2 Å². The minimum absolute atomic E-state index is 0.628. The average molecular weight is 245 g/mol. The minimum Gasteiger partial charge on any atom is -0.399 e. The second kappa shape index (κ2) is 4.43. The highest BCUT2D eigenvalue weighted by molar-refractivity contribution is 5.87. The van der Waals surface area contributed by atoms with Gasteiger partial charge in [-0.1, -0.05) is 30.3 Å². The SMILES string of the molecule is N#Cc1cc(-c2cccc(N)c2)nc2ccccc12. The van der Waals surface area contributed by atoms with Crippen molar-refractivity contribution in [3.63, 3.8) is 0 Å². The molecule has 19 heavy (non-hydrogen) atoms. The first-order valence-corrected chi connectivity index (χ1v) is 5.94. The normalized spacial score (nSPS) is 10.3. The van der Waals surface area contributed by atoms with Crippen LogP contribution in [-0.4, -0.2) is 4.98 Å². The molecule has 3 heteroatoms. The van der Waals surface area contributed by atoms with Crippen LogP contribution in [0.4, 0.5) is 5.69 Å². The molecule has 0 aliphatic heterocycles. The third kappa shape index (κ3) is 2.00. The first kappa shape index (κ1) is 11.2. The highest BCUT2D eigenvalue weighted by Crippen LogP contribution is 2.25. The Labute approximate surface area is 110 Å². The number of nitrogens with zero attached hydrogens (tertiary/aromatic N) is 2. The zero-order chi connectivity index (χ0) is 13.2. The van der Waals surface area contributed by atoms with E-state index < -0.39 is 0 Å². The lowest BCUT2D eigenvalue weighted by atomic mass is 10.0. The Hall–Kier alpha value is -2.86. The van der Waals surface area contributed by atoms with Crippen LogP contribution < -0.4 is 5.73 Å². The molecule has 0 atom stereocenters. The molecule has 1 aromatic heterocycles. The Morgan fingerprint density at radius 3 is 2.63 bits per heavy atom. The van der Waals surface area contributed by atoms with Gasteiger partial charge in [-0.15, -0.1) is 0 Å². The van der Waals surface area contributed by atoms with Crippen LogP contribution in [0.15, 0.2) is 54.6 Å². The van der Waals surface area contributed by atoms with E-state index in [0.717, 1.165) is 22.2 Å². The molecule has 2 aromatic carbocycles. The van der Waals surface area contributed by atoms with Gasteiger partial charge in [0, 0.05) is 16.6 Å². The molecule has 0 aliphatic rings. The zero-order valence-corrected chi connectivity index (χ0v) is 10.2. The van der Waals surface area contributed by atoms with Crippen LogP contribution in [-0.2, 0) is 0 Å². The van der Waals surface area contributed by atoms with E-state index in [-0.39, 0.29) is 0 Å². The first-order chi connectivity index (χ1) is 9.28. The number of hydrogen-bond donors (Lipinski definition) is 1. The van der Waals surface area contributed by atoms with Crippen LogP contribution >= 0.6 is 0 Å². The summed E-state index contributed by atoms with van der Waals surface area (Å²) in [5, 5.41) is 10.1. The molecule has 0 amide bonds. The fourth-order valence-corrected chi connectivity index (χ4v) is 2.11. The predicted octanol–water partition coefficient (Wildman–Crippen LogP) is 3.36. The summed E-state index contributed by atoms with van der Waals surface area (Å²) in [5.41, 5.74) is 9.60. The summed E-state index contributed by atoms with van der Waals surface area (Å²) in [6.45, 7) is 0. The third-order valence-electron chi connectivity index (χ3n) is 3.02. The van der Waals surface area contributed by atoms with Crippen LogP contribution in [0.1, 0.15) is 5.56 Å². The number of hydrogen-bond acceptors (Lipinski definition) is 3. The number of nitrogens with two attached hydrogens (primary N) is 1. The monoisotopic (exact) mass is 245 g/mol. The second-order valence-corrected chi connectivity index (χ2v) is 4.31. The van der Waals surface area contributed by atoms with Crippen molar-refractivity contribution in [1.82, 2.24) is 4.98 Å². The van der Waals surface area contributed by atoms with Gasteiger partial charge < -0.3 is 5.73 Å². The lowest BCUT2D eigenvalue weighted by molar-refractivity contribution is 1.38. The van der Waals surface area contributed by atoms with Gasteiger partial charge in [0.2, 0.25) is 0 Å². The summed E-state index contributed by atoms with van der Waals surface area (Å²) in [6.07, 6.45) is 0. The predicted molar refractivity (Wildman–Crippen MR) is 76.3 cm³/mol. The number of para-hydroxylation sites is 1. The molecule has 0 spiro atoms. The summed E-state index contributed by atoms with van der Waals surface area (Å²) in [7, 11) is 0. The molecule has 3 rings (SSSR count). The Morgan fingerprint density at radius 1 is 1.00 bits per heavy atom. The van der Waals surface area contributed by atoms with E-state index in [1.165, 1.54) is 0 Å². The van der Waals surface area contributed by atoms with Crippen molar-refractivity contribution in [2.75, 3.05) is 5.73 Å². The Balaban J connectivity index is 2.29. The fraction of sp³-hybridized carbons (Fsp3) is 0. The van der Waals surface area contributed by atoms with E-state index >= 15 is 0 Å². The molecule has 0 saturated heterocycles. The summed E-state index contributed by atoms with van der Waals surface area (Å²) in [4.78, 5) is 4.59. The van der Waals surface area contributed by atoms with E-state index in [2.05, 4.69) is 11.1 Å². The maximum Gasteiger partial charge on any atom is 0.0999 e. The summed E-state index contributed by atoms with van der Waals surface area (Å²) in [5.74, 6) is 0. The molecule has 90 valence electrons. The first-order valence-electron chi connectivity index (χ1n) is 5.94. The number of rotatable bonds is 1. The maximum absolute atomic E-state index is 9.26. The number of nitrogen functional groups attached to an aromatic ring is 1. The van der Waals surface area contributed by atoms with E-state index in [1.54, 1.807) is 6.07 Å². The highest BCUT2D eigenvalue weighted by atomic mass is 14.7. The van der Waals surface area contributed by atoms with Crippen LogP contribution in [0.5, 0.6) is 0 Å². The molecule has 3 nitrogen and oxygen atoms in total. The van der Waals surface area contributed by atoms with Crippen LogP contribution in [0.25, 0.3) is 22.2 Å². The number of benzene rings is 2. The zero-order valence-electron chi connectivity index (χ0n) is 10.2. The minimum atomic E-state index is 0.628. The maximum atomic E-state index is 9.26. The summed E-state index contributed by atoms with van der Waals surface area (Å²) >= 11 is 0. The largest absolute Gasteiger partial charge is 0.399 e. The van der Waals surface area contributed by atoms with Crippen molar-refractivity contribution in [3.8, 4) is 17.3 Å². The number of fused-ring (bicyclic) bond motifs is 1. The number of anilines is 1. The Morgan fingerprint density at radius 2 is 1.84 bits per heavy atom. The summed E-state index contributed by atoms with van der Waals surface area (Å²) in [6, 6.07) is 19.2. The van der Waals surface area contributed by atoms with Crippen molar-refractivity contribution in [2.45, 2.75) is 0 Å². The molecular weight excluding hydrogens is 234 g/mol. The molecular formula is C16H11N3. The van der Waals surface area contributed by atoms with Gasteiger partial charge in [0.15, 0.2) is 0 Å². The van der Waals surface area contributed by atoms with Gasteiger partial charge in [-0.25, -0.2) is 4.98 Å². The van der Waals surface area contributed by atoms with Gasteiger partial charge >= 0.3 is 0 Å². The van der Waals surface area contributed by atoms with Crippen molar-refractivity contribution >= 4 is 16.6 Å². The van der Waals surface area contributed by atoms with Gasteiger partial charge in [-0.2, -0.15) is 5.26 Å².